The largest absolute Gasteiger partial charge is 0.325 e. The maximum absolute atomic E-state index is 13.1. The van der Waals surface area contributed by atoms with E-state index in [0.29, 0.717) is 5.69 Å². The Hall–Kier alpha value is -3.25. The van der Waals surface area contributed by atoms with Gasteiger partial charge in [-0.15, -0.1) is 0 Å². The molecular formula is C21H17NO4S. The highest BCUT2D eigenvalue weighted by Gasteiger charge is 2.40. The molecule has 0 aliphatic carbocycles. The van der Waals surface area contributed by atoms with Crippen molar-refractivity contribution in [1.82, 2.24) is 0 Å². The van der Waals surface area contributed by atoms with E-state index < -0.39 is 26.8 Å². The van der Waals surface area contributed by atoms with E-state index in [4.69, 9.17) is 0 Å². The van der Waals surface area contributed by atoms with E-state index in [0.717, 1.165) is 0 Å². The fourth-order valence-corrected chi connectivity index (χ4v) is 4.20. The minimum Gasteiger partial charge on any atom is -0.325 e. The molecule has 0 aliphatic rings. The summed E-state index contributed by atoms with van der Waals surface area (Å²) in [7, 11) is -4.23. The number of amides is 1. The minimum absolute atomic E-state index is 0.0810. The van der Waals surface area contributed by atoms with Crippen molar-refractivity contribution in [2.45, 2.75) is 10.1 Å². The Bertz CT molecular complexity index is 1030. The second-order valence-corrected chi connectivity index (χ2v) is 7.86. The fourth-order valence-electron chi connectivity index (χ4n) is 2.63. The molecule has 0 saturated heterocycles. The number of carbonyl (C=O) groups is 2. The molecule has 0 fully saturated rings. The number of nitrogens with one attached hydrogen (secondary N) is 1. The Kier molecular flexibility index (Phi) is 5.47. The molecule has 1 atom stereocenters. The molecule has 0 spiro atoms. The van der Waals surface area contributed by atoms with E-state index >= 15 is 0 Å². The highest BCUT2D eigenvalue weighted by molar-refractivity contribution is 7.93. The Labute approximate surface area is 157 Å². The van der Waals surface area contributed by atoms with Gasteiger partial charge in [0.1, 0.15) is 0 Å². The lowest BCUT2D eigenvalue weighted by atomic mass is 10.1. The van der Waals surface area contributed by atoms with Crippen molar-refractivity contribution in [3.05, 3.63) is 96.6 Å². The summed E-state index contributed by atoms with van der Waals surface area (Å²) in [6.07, 6.45) is 0. The number of carbonyl (C=O) groups excluding carboxylic acids is 2. The summed E-state index contributed by atoms with van der Waals surface area (Å²) < 4.78 is 26.2. The van der Waals surface area contributed by atoms with Gasteiger partial charge in [-0.05, 0) is 24.3 Å². The zero-order valence-electron chi connectivity index (χ0n) is 14.3. The summed E-state index contributed by atoms with van der Waals surface area (Å²) >= 11 is 0. The van der Waals surface area contributed by atoms with Crippen molar-refractivity contribution >= 4 is 27.2 Å². The molecule has 27 heavy (non-hydrogen) atoms. The predicted molar refractivity (Wildman–Crippen MR) is 103 cm³/mol. The molecule has 0 radical (unpaired) electrons. The highest BCUT2D eigenvalue weighted by atomic mass is 32.2. The van der Waals surface area contributed by atoms with Crippen LogP contribution >= 0.6 is 0 Å². The Balaban J connectivity index is 2.04. The molecule has 1 amide bonds. The fraction of sp³-hybridized carbons (Fsp3) is 0.0476. The highest BCUT2D eigenvalue weighted by Crippen LogP contribution is 2.21. The Morgan fingerprint density at radius 1 is 0.704 bits per heavy atom. The number of sulfone groups is 1. The van der Waals surface area contributed by atoms with Crippen LogP contribution in [0.25, 0.3) is 0 Å². The monoisotopic (exact) mass is 379 g/mol. The van der Waals surface area contributed by atoms with Gasteiger partial charge in [0.15, 0.2) is 15.6 Å². The third-order valence-electron chi connectivity index (χ3n) is 3.96. The van der Waals surface area contributed by atoms with Crippen molar-refractivity contribution in [3.8, 4) is 0 Å². The second kappa shape index (κ2) is 7.97. The van der Waals surface area contributed by atoms with Crippen molar-refractivity contribution in [3.63, 3.8) is 0 Å². The van der Waals surface area contributed by atoms with Gasteiger partial charge in [0, 0.05) is 11.3 Å². The molecule has 1 N–H and O–H groups in total. The quantitative estimate of drug-likeness (QED) is 0.526. The molecule has 1 unspecified atom stereocenters. The Morgan fingerprint density at radius 3 is 1.74 bits per heavy atom. The van der Waals surface area contributed by atoms with Crippen LogP contribution in [0.3, 0.4) is 0 Å². The average Bonchev–Trinajstić information content (AvgIpc) is 2.70. The molecule has 0 aromatic heterocycles. The van der Waals surface area contributed by atoms with E-state index in [1.165, 1.54) is 24.3 Å². The summed E-state index contributed by atoms with van der Waals surface area (Å²) in [6, 6.07) is 23.9. The normalized spacial score (nSPS) is 12.1. The average molecular weight is 379 g/mol. The first kappa shape index (κ1) is 18.5. The van der Waals surface area contributed by atoms with Crippen LogP contribution in [0.1, 0.15) is 10.4 Å². The van der Waals surface area contributed by atoms with Crippen LogP contribution in [0.2, 0.25) is 0 Å². The number of anilines is 1. The molecule has 0 bridgehead atoms. The van der Waals surface area contributed by atoms with Gasteiger partial charge in [-0.3, -0.25) is 9.59 Å². The van der Waals surface area contributed by atoms with Crippen molar-refractivity contribution in [2.75, 3.05) is 5.32 Å². The zero-order chi connectivity index (χ0) is 19.3. The smallest absolute Gasteiger partial charge is 0.251 e. The molecule has 3 aromatic carbocycles. The molecule has 5 nitrogen and oxygen atoms in total. The molecular weight excluding hydrogens is 362 g/mol. The van der Waals surface area contributed by atoms with Crippen LogP contribution < -0.4 is 5.32 Å². The standard InChI is InChI=1S/C21H17NO4S/c23-19(16-10-4-1-5-11-16)20(21(24)22-17-12-6-2-7-13-17)27(25,26)18-14-8-3-9-15-18/h1-15,20H,(H,22,24). The Morgan fingerprint density at radius 2 is 1.19 bits per heavy atom. The predicted octanol–water partition coefficient (Wildman–Crippen LogP) is 3.35. The van der Waals surface area contributed by atoms with Gasteiger partial charge in [0.2, 0.25) is 5.25 Å². The lowest BCUT2D eigenvalue weighted by Crippen LogP contribution is -2.41. The first-order valence-corrected chi connectivity index (χ1v) is 9.79. The number of rotatable bonds is 6. The van der Waals surface area contributed by atoms with Crippen molar-refractivity contribution < 1.29 is 18.0 Å². The lowest BCUT2D eigenvalue weighted by Gasteiger charge is -2.17. The van der Waals surface area contributed by atoms with Crippen LogP contribution in [0.15, 0.2) is 95.9 Å². The van der Waals surface area contributed by atoms with Gasteiger partial charge in [0.25, 0.3) is 5.91 Å². The van der Waals surface area contributed by atoms with E-state index in [1.807, 2.05) is 0 Å². The molecule has 3 aromatic rings. The lowest BCUT2D eigenvalue weighted by molar-refractivity contribution is -0.115. The maximum Gasteiger partial charge on any atom is 0.251 e. The molecule has 0 saturated carbocycles. The van der Waals surface area contributed by atoms with Gasteiger partial charge in [-0.25, -0.2) is 8.42 Å². The van der Waals surface area contributed by atoms with Crippen LogP contribution in [0, 0.1) is 0 Å². The topological polar surface area (TPSA) is 80.3 Å². The second-order valence-electron chi connectivity index (χ2n) is 5.82. The first-order valence-electron chi connectivity index (χ1n) is 8.24. The number of hydrogen-bond acceptors (Lipinski definition) is 4. The van der Waals surface area contributed by atoms with Gasteiger partial charge in [0.05, 0.1) is 4.90 Å². The number of ketones is 1. The van der Waals surface area contributed by atoms with Gasteiger partial charge >= 0.3 is 0 Å². The summed E-state index contributed by atoms with van der Waals surface area (Å²) in [5.74, 6) is -1.66. The third kappa shape index (κ3) is 4.12. The molecule has 6 heteroatoms. The molecule has 3 rings (SSSR count). The van der Waals surface area contributed by atoms with E-state index in [2.05, 4.69) is 5.32 Å². The zero-order valence-corrected chi connectivity index (χ0v) is 15.1. The maximum atomic E-state index is 13.1. The number of para-hydroxylation sites is 1. The summed E-state index contributed by atoms with van der Waals surface area (Å²) in [6.45, 7) is 0. The summed E-state index contributed by atoms with van der Waals surface area (Å²) in [5.41, 5.74) is 0.571. The van der Waals surface area contributed by atoms with Crippen molar-refractivity contribution in [1.29, 1.82) is 0 Å². The van der Waals surface area contributed by atoms with E-state index in [1.54, 1.807) is 66.7 Å². The number of hydrogen-bond donors (Lipinski definition) is 1. The SMILES string of the molecule is O=C(Nc1ccccc1)C(C(=O)c1ccccc1)S(=O)(=O)c1ccccc1. The van der Waals surface area contributed by atoms with Crippen LogP contribution in [-0.2, 0) is 14.6 Å². The van der Waals surface area contributed by atoms with Gasteiger partial charge < -0.3 is 5.32 Å². The van der Waals surface area contributed by atoms with Gasteiger partial charge in [-0.2, -0.15) is 0 Å². The van der Waals surface area contributed by atoms with Gasteiger partial charge in [-0.1, -0.05) is 66.7 Å². The minimum atomic E-state index is -4.23. The molecule has 136 valence electrons. The molecule has 0 heterocycles. The number of benzene rings is 3. The first-order chi connectivity index (χ1) is 13.0. The number of Topliss-reactive ketones (excluding diaryl/α,β-unsaturated/α-hetero) is 1. The van der Waals surface area contributed by atoms with Crippen LogP contribution in [0.4, 0.5) is 5.69 Å². The van der Waals surface area contributed by atoms with Crippen molar-refractivity contribution in [2.24, 2.45) is 0 Å². The summed E-state index contributed by atoms with van der Waals surface area (Å²) in [5, 5.41) is 0.643. The van der Waals surface area contributed by atoms with E-state index in [-0.39, 0.29) is 10.5 Å². The third-order valence-corrected chi connectivity index (χ3v) is 5.94. The van der Waals surface area contributed by atoms with Crippen LogP contribution in [-0.4, -0.2) is 25.4 Å². The molecule has 0 aliphatic heterocycles. The summed E-state index contributed by atoms with van der Waals surface area (Å²) in [4.78, 5) is 25.7. The van der Waals surface area contributed by atoms with Crippen LogP contribution in [0.5, 0.6) is 0 Å². The van der Waals surface area contributed by atoms with E-state index in [9.17, 15) is 18.0 Å².